The van der Waals surface area contributed by atoms with Gasteiger partial charge in [0, 0.05) is 40.7 Å². The summed E-state index contributed by atoms with van der Waals surface area (Å²) in [6, 6.07) is 4.18. The average Bonchev–Trinajstić information content (AvgIpc) is 3.65. The Balaban J connectivity index is 1.52. The number of hydrogen-bond acceptors (Lipinski definition) is 10. The normalized spacial score (nSPS) is 21.6. The number of hydrogen-bond donors (Lipinski definition) is 3. The fraction of sp³-hybridized carbons (Fsp3) is 0.562. The van der Waals surface area contributed by atoms with Gasteiger partial charge >= 0.3 is 0 Å². The highest BCUT2D eigenvalue weighted by molar-refractivity contribution is 7.16. The number of nitrogens with one attached hydrogen (secondary N) is 1. The fourth-order valence-corrected chi connectivity index (χ4v) is 8.13. The van der Waals surface area contributed by atoms with Gasteiger partial charge in [0.2, 0.25) is 17.5 Å². The third-order valence-corrected chi connectivity index (χ3v) is 10.3. The first kappa shape index (κ1) is 30.1. The topological polar surface area (TPSA) is 143 Å². The third-order valence-electron chi connectivity index (χ3n) is 9.21. The number of nitrogens with zero attached hydrogens (tertiary/aromatic N) is 4. The fourth-order valence-electron chi connectivity index (χ4n) is 6.97. The lowest BCUT2D eigenvalue weighted by Gasteiger charge is -2.42. The van der Waals surface area contributed by atoms with Crippen molar-refractivity contribution < 1.29 is 9.53 Å². The van der Waals surface area contributed by atoms with Crippen LogP contribution in [0.2, 0.25) is 0 Å². The molecule has 5 rings (SSSR count). The van der Waals surface area contributed by atoms with Crippen LogP contribution in [-0.4, -0.2) is 48.5 Å². The van der Waals surface area contributed by atoms with E-state index < -0.39 is 5.41 Å². The summed E-state index contributed by atoms with van der Waals surface area (Å²) in [5, 5.41) is 13.7. The van der Waals surface area contributed by atoms with Gasteiger partial charge in [-0.3, -0.25) is 4.79 Å². The zero-order valence-electron chi connectivity index (χ0n) is 24.9. The zero-order chi connectivity index (χ0) is 29.9. The van der Waals surface area contributed by atoms with Crippen molar-refractivity contribution in [2.75, 3.05) is 37.3 Å². The summed E-state index contributed by atoms with van der Waals surface area (Å²) >= 11 is 1.48. The van der Waals surface area contributed by atoms with Gasteiger partial charge in [-0.2, -0.15) is 10.2 Å². The van der Waals surface area contributed by atoms with Crippen LogP contribution in [0.1, 0.15) is 91.3 Å². The molecule has 3 atom stereocenters. The highest BCUT2D eigenvalue weighted by Gasteiger charge is 2.46. The summed E-state index contributed by atoms with van der Waals surface area (Å²) < 4.78 is 6.39. The zero-order valence-corrected chi connectivity index (χ0v) is 25.7. The van der Waals surface area contributed by atoms with Crippen LogP contribution in [-0.2, 0) is 11.8 Å². The summed E-state index contributed by atoms with van der Waals surface area (Å²) in [4.78, 5) is 27.0. The van der Waals surface area contributed by atoms with E-state index in [1.165, 1.54) is 11.3 Å². The number of nitrogens with two attached hydrogens (primary N) is 2. The van der Waals surface area contributed by atoms with Crippen molar-refractivity contribution in [1.29, 1.82) is 5.26 Å². The Kier molecular flexibility index (Phi) is 9.19. The van der Waals surface area contributed by atoms with Gasteiger partial charge in [0.1, 0.15) is 23.0 Å². The number of fused-ring (bicyclic) bond motifs is 2. The Labute approximate surface area is 253 Å². The lowest BCUT2D eigenvalue weighted by molar-refractivity contribution is 0.101. The highest BCUT2D eigenvalue weighted by atomic mass is 32.1. The second-order valence-electron chi connectivity index (χ2n) is 11.9. The molecule has 42 heavy (non-hydrogen) atoms. The molecular weight excluding hydrogens is 546 g/mol. The minimum Gasteiger partial charge on any atom is -0.470 e. The van der Waals surface area contributed by atoms with E-state index in [0.717, 1.165) is 87.9 Å². The first-order valence-corrected chi connectivity index (χ1v) is 16.1. The molecule has 3 aliphatic rings. The predicted molar refractivity (Wildman–Crippen MR) is 168 cm³/mol. The summed E-state index contributed by atoms with van der Waals surface area (Å²) in [7, 11) is 1.95. The molecule has 1 fully saturated rings. The van der Waals surface area contributed by atoms with E-state index in [1.54, 1.807) is 0 Å². The number of carbonyl (C=O) groups excluding carboxylic acids is 1. The molecule has 5 N–H and O–H groups in total. The first-order valence-electron chi connectivity index (χ1n) is 15.3. The Morgan fingerprint density at radius 2 is 2.00 bits per heavy atom. The molecular formula is C32H43N7O2S. The molecule has 1 saturated heterocycles. The molecule has 0 unspecified atom stereocenters. The Hall–Kier alpha value is -3.42. The van der Waals surface area contributed by atoms with Gasteiger partial charge in [0.25, 0.3) is 0 Å². The van der Waals surface area contributed by atoms with Gasteiger partial charge in [0.05, 0.1) is 5.56 Å². The van der Waals surface area contributed by atoms with E-state index in [9.17, 15) is 10.1 Å². The number of anilines is 2. The number of rotatable bonds is 11. The van der Waals surface area contributed by atoms with E-state index in [0.29, 0.717) is 40.0 Å². The maximum atomic E-state index is 14.2. The Bertz CT molecular complexity index is 1400. The number of nitrogen functional groups attached to an aromatic ring is 1. The largest absolute Gasteiger partial charge is 0.470 e. The van der Waals surface area contributed by atoms with Gasteiger partial charge < -0.3 is 26.4 Å². The van der Waals surface area contributed by atoms with Crippen molar-refractivity contribution in [3.8, 4) is 11.9 Å². The van der Waals surface area contributed by atoms with Gasteiger partial charge in [-0.25, -0.2) is 4.98 Å². The van der Waals surface area contributed by atoms with Crippen molar-refractivity contribution in [1.82, 2.24) is 15.3 Å². The summed E-state index contributed by atoms with van der Waals surface area (Å²) in [6.45, 7) is 8.85. The number of aromatic nitrogens is 2. The number of aryl methyl sites for hydroxylation is 1. The van der Waals surface area contributed by atoms with Crippen molar-refractivity contribution >= 4 is 27.9 Å². The second kappa shape index (κ2) is 12.8. The van der Waals surface area contributed by atoms with Gasteiger partial charge in [-0.1, -0.05) is 19.6 Å². The number of thiophene rings is 1. The first-order chi connectivity index (χ1) is 20.3. The summed E-state index contributed by atoms with van der Waals surface area (Å²) in [6.07, 6.45) is 10.5. The predicted octanol–water partition coefficient (Wildman–Crippen LogP) is 5.01. The molecule has 0 bridgehead atoms. The molecule has 0 saturated carbocycles. The van der Waals surface area contributed by atoms with Gasteiger partial charge in [0.15, 0.2) is 0 Å². The SMILES string of the molecule is C=C[C@H](Oc1cc(N2CCCC2)nc(C(=O)C2=C(N)[C@@]3(CCC2)CCCc2sc(N)c(C#N)c23)n1)[C@@H](C)CCCNC. The smallest absolute Gasteiger partial charge is 0.228 e. The molecule has 3 heterocycles. The standard InChI is InChI=1S/C32H43N7O2S/c1-4-23(20(2)10-9-15-36-3)41-26-18-25(39-16-5-6-17-39)37-31(38-26)28(40)21-11-7-13-32(29(21)34)14-8-12-24-27(32)22(19-33)30(35)42-24/h4,18,20,23,36H,1,5-17,34-35H2,2-3H3/t20-,23-,32-/m0/s1. The molecule has 1 spiro atoms. The van der Waals surface area contributed by atoms with E-state index >= 15 is 0 Å². The molecule has 0 radical (unpaired) electrons. The lowest BCUT2D eigenvalue weighted by atomic mass is 9.62. The number of carbonyl (C=O) groups is 1. The van der Waals surface area contributed by atoms with E-state index in [1.807, 2.05) is 19.2 Å². The van der Waals surface area contributed by atoms with Crippen LogP contribution in [0.5, 0.6) is 5.88 Å². The maximum Gasteiger partial charge on any atom is 0.228 e. The Morgan fingerprint density at radius 3 is 2.69 bits per heavy atom. The van der Waals surface area contributed by atoms with Crippen LogP contribution >= 0.6 is 11.3 Å². The van der Waals surface area contributed by atoms with E-state index in [-0.39, 0.29) is 23.6 Å². The second-order valence-corrected chi connectivity index (χ2v) is 13.0. The third kappa shape index (κ3) is 5.64. The molecule has 9 nitrogen and oxygen atoms in total. The number of nitriles is 1. The molecule has 0 amide bonds. The minimum absolute atomic E-state index is 0.108. The van der Waals surface area contributed by atoms with Crippen LogP contribution in [0, 0.1) is 17.2 Å². The van der Waals surface area contributed by atoms with Crippen LogP contribution in [0.15, 0.2) is 30.0 Å². The van der Waals surface area contributed by atoms with E-state index in [4.69, 9.17) is 21.2 Å². The summed E-state index contributed by atoms with van der Waals surface area (Å²) in [5.74, 6) is 1.15. The molecule has 1 aliphatic heterocycles. The van der Waals surface area contributed by atoms with Gasteiger partial charge in [-0.15, -0.1) is 11.3 Å². The maximum absolute atomic E-state index is 14.2. The van der Waals surface area contributed by atoms with Crippen LogP contribution in [0.4, 0.5) is 10.8 Å². The molecule has 2 aromatic heterocycles. The van der Waals surface area contributed by atoms with E-state index in [2.05, 4.69) is 34.8 Å². The number of ether oxygens (including phenoxy) is 1. The molecule has 224 valence electrons. The van der Waals surface area contributed by atoms with Crippen LogP contribution < -0.4 is 26.4 Å². The minimum atomic E-state index is -0.557. The lowest BCUT2D eigenvalue weighted by Crippen LogP contribution is -2.41. The van der Waals surface area contributed by atoms with Crippen molar-refractivity contribution in [2.45, 2.75) is 82.7 Å². The molecule has 2 aliphatic carbocycles. The summed E-state index contributed by atoms with van der Waals surface area (Å²) in [5.41, 5.74) is 15.3. The molecule has 0 aromatic carbocycles. The van der Waals surface area contributed by atoms with Gasteiger partial charge in [-0.05, 0) is 89.3 Å². The number of ketones is 1. The quantitative estimate of drug-likeness (QED) is 0.187. The molecule has 2 aromatic rings. The van der Waals surface area contributed by atoms with Crippen molar-refractivity contribution in [2.24, 2.45) is 11.7 Å². The van der Waals surface area contributed by atoms with Crippen molar-refractivity contribution in [3.63, 3.8) is 0 Å². The number of Topliss-reactive ketones (excluding diaryl/α,β-unsaturated/α-hetero) is 1. The van der Waals surface area contributed by atoms with Crippen LogP contribution in [0.25, 0.3) is 0 Å². The van der Waals surface area contributed by atoms with Crippen molar-refractivity contribution in [3.05, 3.63) is 51.8 Å². The monoisotopic (exact) mass is 589 g/mol. The highest BCUT2D eigenvalue weighted by Crippen LogP contribution is 2.53. The number of allylic oxidation sites excluding steroid dienone is 2. The Morgan fingerprint density at radius 1 is 1.26 bits per heavy atom. The molecule has 10 heteroatoms. The average molecular weight is 590 g/mol. The van der Waals surface area contributed by atoms with Crippen LogP contribution in [0.3, 0.4) is 0 Å².